The quantitative estimate of drug-likeness (QED) is 0.723. The third kappa shape index (κ3) is 5.05. The maximum Gasteiger partial charge on any atom is 0.224 e. The molecule has 1 atom stereocenters. The summed E-state index contributed by atoms with van der Waals surface area (Å²) in [6.07, 6.45) is 6.25. The molecule has 0 saturated heterocycles. The van der Waals surface area contributed by atoms with Crippen molar-refractivity contribution in [2.75, 3.05) is 11.9 Å². The number of benzene rings is 1. The molecule has 4 heteroatoms. The number of anilines is 1. The van der Waals surface area contributed by atoms with E-state index in [1.54, 1.807) is 0 Å². The van der Waals surface area contributed by atoms with Gasteiger partial charge < -0.3 is 15.7 Å². The Morgan fingerprint density at radius 3 is 2.52 bits per heavy atom. The second kappa shape index (κ2) is 8.03. The van der Waals surface area contributed by atoms with Crippen molar-refractivity contribution in [2.45, 2.75) is 57.5 Å². The molecule has 4 nitrogen and oxygen atoms in total. The summed E-state index contributed by atoms with van der Waals surface area (Å²) in [5, 5.41) is 15.5. The molecule has 0 aromatic heterocycles. The summed E-state index contributed by atoms with van der Waals surface area (Å²) in [6, 6.07) is 8.55. The van der Waals surface area contributed by atoms with Crippen LogP contribution in [0.2, 0.25) is 0 Å². The number of carbonyl (C=O) groups is 1. The highest BCUT2D eigenvalue weighted by molar-refractivity contribution is 5.79. The highest BCUT2D eigenvalue weighted by Gasteiger charge is 2.14. The first-order chi connectivity index (χ1) is 10.2. The van der Waals surface area contributed by atoms with E-state index in [2.05, 4.69) is 10.6 Å². The van der Waals surface area contributed by atoms with Gasteiger partial charge in [-0.2, -0.15) is 0 Å². The lowest BCUT2D eigenvalue weighted by atomic mass is 10.1. The Balaban J connectivity index is 1.82. The number of aliphatic hydroxyl groups is 1. The molecule has 1 saturated carbocycles. The summed E-state index contributed by atoms with van der Waals surface area (Å²) in [7, 11) is 0. The summed E-state index contributed by atoms with van der Waals surface area (Å²) in [5.74, 6) is -0.0348. The predicted molar refractivity (Wildman–Crippen MR) is 85.3 cm³/mol. The highest BCUT2D eigenvalue weighted by atomic mass is 16.3. The third-order valence-corrected chi connectivity index (χ3v) is 4.12. The van der Waals surface area contributed by atoms with Gasteiger partial charge in [0, 0.05) is 11.7 Å². The number of nitrogens with one attached hydrogen (secondary N) is 2. The molecule has 0 radical (unpaired) electrons. The van der Waals surface area contributed by atoms with Gasteiger partial charge in [-0.15, -0.1) is 0 Å². The van der Waals surface area contributed by atoms with E-state index in [0.717, 1.165) is 17.7 Å². The average molecular weight is 290 g/mol. The first-order valence-electron chi connectivity index (χ1n) is 7.97. The molecule has 1 aliphatic carbocycles. The van der Waals surface area contributed by atoms with Crippen LogP contribution in [-0.2, 0) is 11.2 Å². The van der Waals surface area contributed by atoms with Gasteiger partial charge in [0.2, 0.25) is 5.91 Å². The van der Waals surface area contributed by atoms with Crippen LogP contribution in [0.15, 0.2) is 24.3 Å². The maximum absolute atomic E-state index is 11.9. The van der Waals surface area contributed by atoms with Gasteiger partial charge in [0.1, 0.15) is 0 Å². The molecule has 0 spiro atoms. The van der Waals surface area contributed by atoms with E-state index in [9.17, 15) is 4.79 Å². The molecule has 3 N–H and O–H groups in total. The molecule has 1 aromatic rings. The number of rotatable bonds is 7. The van der Waals surface area contributed by atoms with Crippen molar-refractivity contribution in [3.8, 4) is 0 Å². The lowest BCUT2D eigenvalue weighted by Gasteiger charge is -2.15. The summed E-state index contributed by atoms with van der Waals surface area (Å²) in [6.45, 7) is 1.94. The molecule has 1 aromatic carbocycles. The SMILES string of the molecule is CCC(CO)NC(=O)Cc1ccc(NC2CCCC2)cc1. The zero-order chi connectivity index (χ0) is 15.1. The lowest BCUT2D eigenvalue weighted by molar-refractivity contribution is -0.121. The number of aliphatic hydroxyl groups excluding tert-OH is 1. The first kappa shape index (κ1) is 15.8. The molecule has 1 amide bonds. The predicted octanol–water partition coefficient (Wildman–Crippen LogP) is 2.47. The Kier molecular flexibility index (Phi) is 6.05. The lowest BCUT2D eigenvalue weighted by Crippen LogP contribution is -2.37. The molecule has 0 bridgehead atoms. The van der Waals surface area contributed by atoms with E-state index in [1.807, 2.05) is 31.2 Å². The molecule has 21 heavy (non-hydrogen) atoms. The molecule has 0 heterocycles. The van der Waals surface area contributed by atoms with Crippen LogP contribution in [0.3, 0.4) is 0 Å². The normalized spacial score (nSPS) is 16.7. The minimum atomic E-state index is -0.138. The van der Waals surface area contributed by atoms with Gasteiger partial charge in [-0.1, -0.05) is 31.9 Å². The van der Waals surface area contributed by atoms with Crippen molar-refractivity contribution >= 4 is 11.6 Å². The highest BCUT2D eigenvalue weighted by Crippen LogP contribution is 2.22. The maximum atomic E-state index is 11.9. The van der Waals surface area contributed by atoms with Crippen molar-refractivity contribution in [3.05, 3.63) is 29.8 Å². The molecular formula is C17H26N2O2. The Morgan fingerprint density at radius 1 is 1.29 bits per heavy atom. The minimum Gasteiger partial charge on any atom is -0.394 e. The molecule has 1 unspecified atom stereocenters. The van der Waals surface area contributed by atoms with Crippen LogP contribution < -0.4 is 10.6 Å². The fourth-order valence-corrected chi connectivity index (χ4v) is 2.77. The van der Waals surface area contributed by atoms with Gasteiger partial charge in [-0.25, -0.2) is 0 Å². The third-order valence-electron chi connectivity index (χ3n) is 4.12. The Hall–Kier alpha value is -1.55. The van der Waals surface area contributed by atoms with Gasteiger partial charge in [-0.05, 0) is 37.0 Å². The van der Waals surface area contributed by atoms with Gasteiger partial charge >= 0.3 is 0 Å². The number of amides is 1. The van der Waals surface area contributed by atoms with Crippen molar-refractivity contribution in [2.24, 2.45) is 0 Å². The fourth-order valence-electron chi connectivity index (χ4n) is 2.77. The van der Waals surface area contributed by atoms with Gasteiger partial charge in [-0.3, -0.25) is 4.79 Å². The average Bonchev–Trinajstić information content (AvgIpc) is 3.00. The molecule has 116 valence electrons. The number of carbonyl (C=O) groups excluding carboxylic acids is 1. The fraction of sp³-hybridized carbons (Fsp3) is 0.588. The van der Waals surface area contributed by atoms with Crippen LogP contribution in [0.5, 0.6) is 0 Å². The largest absolute Gasteiger partial charge is 0.394 e. The second-order valence-electron chi connectivity index (χ2n) is 5.85. The zero-order valence-electron chi connectivity index (χ0n) is 12.8. The summed E-state index contributed by atoms with van der Waals surface area (Å²) < 4.78 is 0. The molecular weight excluding hydrogens is 264 g/mol. The van der Waals surface area contributed by atoms with E-state index in [1.165, 1.54) is 25.7 Å². The van der Waals surface area contributed by atoms with E-state index in [-0.39, 0.29) is 18.6 Å². The van der Waals surface area contributed by atoms with Crippen LogP contribution in [0, 0.1) is 0 Å². The molecule has 1 fully saturated rings. The monoisotopic (exact) mass is 290 g/mol. The standard InChI is InChI=1S/C17H26N2O2/c1-2-14(12-20)19-17(21)11-13-7-9-16(10-8-13)18-15-5-3-4-6-15/h7-10,14-15,18,20H,2-6,11-12H2,1H3,(H,19,21). The van der Waals surface area contributed by atoms with E-state index < -0.39 is 0 Å². The van der Waals surface area contributed by atoms with Crippen molar-refractivity contribution in [3.63, 3.8) is 0 Å². The van der Waals surface area contributed by atoms with Gasteiger partial charge in [0.05, 0.1) is 19.1 Å². The van der Waals surface area contributed by atoms with Gasteiger partial charge in [0.25, 0.3) is 0 Å². The van der Waals surface area contributed by atoms with E-state index >= 15 is 0 Å². The smallest absolute Gasteiger partial charge is 0.224 e. The van der Waals surface area contributed by atoms with Crippen molar-refractivity contribution in [1.29, 1.82) is 0 Å². The summed E-state index contributed by atoms with van der Waals surface area (Å²) in [4.78, 5) is 11.9. The van der Waals surface area contributed by atoms with Crippen molar-refractivity contribution in [1.82, 2.24) is 5.32 Å². The number of hydrogen-bond donors (Lipinski definition) is 3. The van der Waals surface area contributed by atoms with Crippen LogP contribution in [0.25, 0.3) is 0 Å². The minimum absolute atomic E-state index is 0.00745. The Morgan fingerprint density at radius 2 is 1.95 bits per heavy atom. The van der Waals surface area contributed by atoms with Crippen molar-refractivity contribution < 1.29 is 9.90 Å². The topological polar surface area (TPSA) is 61.4 Å². The van der Waals surface area contributed by atoms with E-state index in [4.69, 9.17) is 5.11 Å². The molecule has 0 aliphatic heterocycles. The Labute approximate surface area is 126 Å². The first-order valence-corrected chi connectivity index (χ1v) is 7.97. The Bertz CT molecular complexity index is 435. The van der Waals surface area contributed by atoms with Crippen LogP contribution in [0.1, 0.15) is 44.6 Å². The van der Waals surface area contributed by atoms with Gasteiger partial charge in [0.15, 0.2) is 0 Å². The molecule has 2 rings (SSSR count). The summed E-state index contributed by atoms with van der Waals surface area (Å²) >= 11 is 0. The van der Waals surface area contributed by atoms with E-state index in [0.29, 0.717) is 12.5 Å². The zero-order valence-corrected chi connectivity index (χ0v) is 12.8. The molecule has 1 aliphatic rings. The van der Waals surface area contributed by atoms with Crippen LogP contribution in [-0.4, -0.2) is 29.7 Å². The van der Waals surface area contributed by atoms with Crippen LogP contribution in [0.4, 0.5) is 5.69 Å². The summed E-state index contributed by atoms with van der Waals surface area (Å²) in [5.41, 5.74) is 2.13. The second-order valence-corrected chi connectivity index (χ2v) is 5.85. The van der Waals surface area contributed by atoms with Crippen LogP contribution >= 0.6 is 0 Å². The number of hydrogen-bond acceptors (Lipinski definition) is 3.